The van der Waals surface area contributed by atoms with Crippen LogP contribution in [0.2, 0.25) is 0 Å². The van der Waals surface area contributed by atoms with Crippen LogP contribution in [0.25, 0.3) is 0 Å². The molecule has 0 aromatic carbocycles. The summed E-state index contributed by atoms with van der Waals surface area (Å²) in [6, 6.07) is 0. The highest BCUT2D eigenvalue weighted by Crippen LogP contribution is 2.48. The maximum atomic E-state index is 11.6. The number of carbonyl (C=O) groups is 1. The number of nitrogens with one attached hydrogen (secondary N) is 1. The van der Waals surface area contributed by atoms with Crippen molar-refractivity contribution >= 4 is 11.6 Å². The number of unbranched alkanes of at least 4 members (excludes halogenated alkanes) is 2. The summed E-state index contributed by atoms with van der Waals surface area (Å²) in [6.07, 6.45) is 9.34. The molecule has 1 amide bonds. The molecule has 2 saturated carbocycles. The lowest BCUT2D eigenvalue weighted by molar-refractivity contribution is -0.121. The smallest absolute Gasteiger partial charge is 0.240 e. The number of hydrogen-bond donors (Lipinski definition) is 1. The van der Waals surface area contributed by atoms with Gasteiger partial charge in [0.05, 0.1) is 0 Å². The Labute approximate surface area is 110 Å². The van der Waals surface area contributed by atoms with Crippen molar-refractivity contribution in [2.75, 3.05) is 0 Å². The van der Waals surface area contributed by atoms with Crippen molar-refractivity contribution in [3.63, 3.8) is 0 Å². The van der Waals surface area contributed by atoms with Gasteiger partial charge in [-0.25, -0.2) is 5.43 Å². The van der Waals surface area contributed by atoms with E-state index in [2.05, 4.69) is 24.4 Å². The molecule has 0 aromatic heterocycles. The maximum Gasteiger partial charge on any atom is 0.240 e. The third-order valence-corrected chi connectivity index (χ3v) is 4.64. The normalized spacial score (nSPS) is 30.8. The summed E-state index contributed by atoms with van der Waals surface area (Å²) in [5.41, 5.74) is 3.87. The Balaban J connectivity index is 1.73. The molecule has 3 unspecified atom stereocenters. The van der Waals surface area contributed by atoms with Gasteiger partial charge in [0.1, 0.15) is 0 Å². The molecule has 2 fully saturated rings. The zero-order valence-electron chi connectivity index (χ0n) is 11.7. The monoisotopic (exact) mass is 250 g/mol. The number of hydrogen-bond acceptors (Lipinski definition) is 2. The van der Waals surface area contributed by atoms with Crippen molar-refractivity contribution < 1.29 is 4.79 Å². The predicted octanol–water partition coefficient (Wildman–Crippen LogP) is 3.50. The lowest BCUT2D eigenvalue weighted by Gasteiger charge is -2.21. The third kappa shape index (κ3) is 3.33. The quantitative estimate of drug-likeness (QED) is 0.437. The Morgan fingerprint density at radius 2 is 2.11 bits per heavy atom. The fourth-order valence-corrected chi connectivity index (χ4v) is 3.58. The van der Waals surface area contributed by atoms with Crippen LogP contribution in [0, 0.1) is 17.8 Å². The van der Waals surface area contributed by atoms with Gasteiger partial charge in [0.25, 0.3) is 0 Å². The van der Waals surface area contributed by atoms with E-state index < -0.39 is 0 Å². The highest BCUT2D eigenvalue weighted by Gasteiger charge is 2.40. The Hall–Kier alpha value is -0.860. The average molecular weight is 250 g/mol. The van der Waals surface area contributed by atoms with Crippen LogP contribution in [0.15, 0.2) is 5.10 Å². The molecule has 0 heterocycles. The molecule has 0 spiro atoms. The zero-order chi connectivity index (χ0) is 13.0. The first kappa shape index (κ1) is 13.6. The topological polar surface area (TPSA) is 41.5 Å². The lowest BCUT2D eigenvalue weighted by atomic mass is 9.86. The highest BCUT2D eigenvalue weighted by atomic mass is 16.2. The van der Waals surface area contributed by atoms with Gasteiger partial charge in [-0.2, -0.15) is 5.10 Å². The minimum absolute atomic E-state index is 0.0750. The van der Waals surface area contributed by atoms with Crippen molar-refractivity contribution in [1.82, 2.24) is 5.43 Å². The summed E-state index contributed by atoms with van der Waals surface area (Å²) in [4.78, 5) is 11.6. The van der Waals surface area contributed by atoms with Crippen LogP contribution in [0.3, 0.4) is 0 Å². The Morgan fingerprint density at radius 3 is 2.72 bits per heavy atom. The molecule has 0 radical (unpaired) electrons. The molecular formula is C15H26N2O. The van der Waals surface area contributed by atoms with Crippen LogP contribution in [-0.4, -0.2) is 11.6 Å². The van der Waals surface area contributed by atoms with Crippen LogP contribution in [0.1, 0.15) is 65.2 Å². The van der Waals surface area contributed by atoms with Gasteiger partial charge in [0.2, 0.25) is 5.91 Å². The van der Waals surface area contributed by atoms with Gasteiger partial charge in [-0.05, 0) is 44.4 Å². The van der Waals surface area contributed by atoms with Gasteiger partial charge in [-0.1, -0.05) is 26.2 Å². The van der Waals surface area contributed by atoms with Gasteiger partial charge in [-0.3, -0.25) is 4.79 Å². The first-order chi connectivity index (χ1) is 8.70. The van der Waals surface area contributed by atoms with E-state index in [4.69, 9.17) is 0 Å². The number of carbonyl (C=O) groups excluding carboxylic acids is 1. The van der Waals surface area contributed by atoms with E-state index in [0.29, 0.717) is 12.3 Å². The molecule has 0 aromatic rings. The third-order valence-electron chi connectivity index (χ3n) is 4.64. The van der Waals surface area contributed by atoms with Crippen LogP contribution in [0.5, 0.6) is 0 Å². The first-order valence-electron chi connectivity index (χ1n) is 7.53. The van der Waals surface area contributed by atoms with Crippen molar-refractivity contribution in [3.05, 3.63) is 0 Å². The maximum absolute atomic E-state index is 11.6. The van der Waals surface area contributed by atoms with Crippen LogP contribution >= 0.6 is 0 Å². The molecule has 2 bridgehead atoms. The summed E-state index contributed by atoms with van der Waals surface area (Å²) >= 11 is 0. The van der Waals surface area contributed by atoms with Crippen LogP contribution in [0.4, 0.5) is 0 Å². The lowest BCUT2D eigenvalue weighted by Crippen LogP contribution is -2.24. The molecule has 2 aliphatic rings. The number of nitrogens with zero attached hydrogens (tertiary/aromatic N) is 1. The second kappa shape index (κ2) is 6.35. The molecule has 0 saturated heterocycles. The van der Waals surface area contributed by atoms with E-state index in [1.807, 2.05) is 0 Å². The molecule has 2 rings (SSSR count). The fourth-order valence-electron chi connectivity index (χ4n) is 3.58. The predicted molar refractivity (Wildman–Crippen MR) is 74.3 cm³/mol. The van der Waals surface area contributed by atoms with Crippen LogP contribution < -0.4 is 5.43 Å². The molecule has 102 valence electrons. The molecule has 3 nitrogen and oxygen atoms in total. The second-order valence-corrected chi connectivity index (χ2v) is 6.03. The zero-order valence-corrected chi connectivity index (χ0v) is 11.7. The summed E-state index contributed by atoms with van der Waals surface area (Å²) < 4.78 is 0. The van der Waals surface area contributed by atoms with Crippen LogP contribution in [-0.2, 0) is 4.79 Å². The summed E-state index contributed by atoms with van der Waals surface area (Å²) in [5, 5.41) is 4.32. The Morgan fingerprint density at radius 1 is 1.28 bits per heavy atom. The highest BCUT2D eigenvalue weighted by molar-refractivity contribution is 5.86. The largest absolute Gasteiger partial charge is 0.273 e. The fraction of sp³-hybridized carbons (Fsp3) is 0.867. The van der Waals surface area contributed by atoms with E-state index in [9.17, 15) is 4.79 Å². The Bertz CT molecular complexity index is 324. The molecular weight excluding hydrogens is 224 g/mol. The molecule has 3 atom stereocenters. The van der Waals surface area contributed by atoms with Gasteiger partial charge < -0.3 is 0 Å². The minimum Gasteiger partial charge on any atom is -0.273 e. The van der Waals surface area contributed by atoms with Crippen molar-refractivity contribution in [2.45, 2.75) is 65.2 Å². The van der Waals surface area contributed by atoms with Gasteiger partial charge in [0, 0.05) is 18.1 Å². The van der Waals surface area contributed by atoms with E-state index in [-0.39, 0.29) is 5.91 Å². The van der Waals surface area contributed by atoms with Gasteiger partial charge >= 0.3 is 0 Å². The molecule has 18 heavy (non-hydrogen) atoms. The van der Waals surface area contributed by atoms with E-state index in [1.165, 1.54) is 25.7 Å². The number of hydrazone groups is 1. The number of rotatable bonds is 6. The standard InChI is InChI=1S/C15H26N2O/c1-3-4-5-6-15(18)17-16-11(2)14-10-12-7-8-13(14)9-12/h12-14H,3-10H2,1-2H3,(H,17,18)/b16-11+. The van der Waals surface area contributed by atoms with E-state index in [0.717, 1.165) is 36.8 Å². The number of amides is 1. The van der Waals surface area contributed by atoms with Crippen molar-refractivity contribution in [2.24, 2.45) is 22.9 Å². The summed E-state index contributed by atoms with van der Waals surface area (Å²) in [6.45, 7) is 4.23. The van der Waals surface area contributed by atoms with Gasteiger partial charge in [-0.15, -0.1) is 0 Å². The first-order valence-corrected chi connectivity index (χ1v) is 7.53. The molecule has 0 aliphatic heterocycles. The summed E-state index contributed by atoms with van der Waals surface area (Å²) in [7, 11) is 0. The average Bonchev–Trinajstić information content (AvgIpc) is 2.98. The summed E-state index contributed by atoms with van der Waals surface area (Å²) in [5.74, 6) is 2.49. The second-order valence-electron chi connectivity index (χ2n) is 6.03. The van der Waals surface area contributed by atoms with Crippen molar-refractivity contribution in [3.8, 4) is 0 Å². The SMILES string of the molecule is CCCCCC(=O)N/N=C(\C)C1CC2CCC1C2. The van der Waals surface area contributed by atoms with E-state index >= 15 is 0 Å². The van der Waals surface area contributed by atoms with E-state index in [1.54, 1.807) is 0 Å². The minimum atomic E-state index is 0.0750. The molecule has 1 N–H and O–H groups in total. The van der Waals surface area contributed by atoms with Gasteiger partial charge in [0.15, 0.2) is 0 Å². The Kier molecular flexibility index (Phi) is 4.79. The molecule has 2 aliphatic carbocycles. The molecule has 3 heteroatoms. The number of fused-ring (bicyclic) bond motifs is 2. The van der Waals surface area contributed by atoms with Crippen molar-refractivity contribution in [1.29, 1.82) is 0 Å².